The molecular formula is C11H11N3O3S2. The summed E-state index contributed by atoms with van der Waals surface area (Å²) in [6, 6.07) is 5.84. The normalized spacial score (nSPS) is 11.3. The molecule has 0 atom stereocenters. The van der Waals surface area contributed by atoms with E-state index in [0.717, 1.165) is 11.3 Å². The summed E-state index contributed by atoms with van der Waals surface area (Å²) in [4.78, 5) is 11.3. The number of nitrogens with zero attached hydrogens (tertiary/aromatic N) is 2. The lowest BCUT2D eigenvalue weighted by molar-refractivity contribution is 0.101. The molecule has 0 bridgehead atoms. The van der Waals surface area contributed by atoms with Crippen molar-refractivity contribution in [3.63, 3.8) is 0 Å². The van der Waals surface area contributed by atoms with E-state index in [4.69, 9.17) is 0 Å². The molecule has 0 spiro atoms. The second kappa shape index (κ2) is 5.06. The molecule has 0 aliphatic rings. The molecule has 1 aromatic heterocycles. The number of carbonyl (C=O) groups is 1. The highest BCUT2D eigenvalue weighted by Gasteiger charge is 2.17. The number of aromatic nitrogens is 2. The third-order valence-corrected chi connectivity index (χ3v) is 4.52. The van der Waals surface area contributed by atoms with Gasteiger partial charge in [-0.15, -0.1) is 10.2 Å². The van der Waals surface area contributed by atoms with Gasteiger partial charge >= 0.3 is 0 Å². The Morgan fingerprint density at radius 2 is 2.05 bits per heavy atom. The van der Waals surface area contributed by atoms with Crippen LogP contribution in [-0.2, 0) is 10.0 Å². The molecule has 0 aliphatic heterocycles. The first-order chi connectivity index (χ1) is 8.88. The average molecular weight is 297 g/mol. The number of hydrogen-bond acceptors (Lipinski definition) is 6. The van der Waals surface area contributed by atoms with Crippen molar-refractivity contribution >= 4 is 32.3 Å². The van der Waals surface area contributed by atoms with Crippen molar-refractivity contribution in [2.75, 3.05) is 4.72 Å². The summed E-state index contributed by atoms with van der Waals surface area (Å²) in [5.41, 5.74) is 0.344. The van der Waals surface area contributed by atoms with Gasteiger partial charge in [0.1, 0.15) is 5.01 Å². The average Bonchev–Trinajstić information content (AvgIpc) is 2.74. The van der Waals surface area contributed by atoms with Gasteiger partial charge in [-0.2, -0.15) is 0 Å². The van der Waals surface area contributed by atoms with Crippen LogP contribution in [-0.4, -0.2) is 24.4 Å². The Morgan fingerprint density at radius 3 is 2.63 bits per heavy atom. The zero-order chi connectivity index (χ0) is 14.0. The molecule has 19 heavy (non-hydrogen) atoms. The van der Waals surface area contributed by atoms with E-state index in [0.29, 0.717) is 10.6 Å². The maximum absolute atomic E-state index is 12.1. The topological polar surface area (TPSA) is 89.0 Å². The lowest BCUT2D eigenvalue weighted by atomic mass is 10.2. The molecule has 0 aliphatic carbocycles. The van der Waals surface area contributed by atoms with Crippen molar-refractivity contribution in [3.05, 3.63) is 34.8 Å². The summed E-state index contributed by atoms with van der Waals surface area (Å²) in [5.74, 6) is -0.191. The van der Waals surface area contributed by atoms with Crippen molar-refractivity contribution in [2.45, 2.75) is 18.7 Å². The van der Waals surface area contributed by atoms with E-state index in [9.17, 15) is 13.2 Å². The fraction of sp³-hybridized carbons (Fsp3) is 0.182. The smallest absolute Gasteiger partial charge is 0.263 e. The lowest BCUT2D eigenvalue weighted by Crippen LogP contribution is -2.13. The van der Waals surface area contributed by atoms with Gasteiger partial charge in [-0.05, 0) is 26.0 Å². The lowest BCUT2D eigenvalue weighted by Gasteiger charge is -2.05. The first-order valence-corrected chi connectivity index (χ1v) is 7.62. The van der Waals surface area contributed by atoms with Gasteiger partial charge in [-0.1, -0.05) is 23.5 Å². The Morgan fingerprint density at radius 1 is 1.32 bits per heavy atom. The fourth-order valence-corrected chi connectivity index (χ4v) is 3.26. The molecule has 0 amide bonds. The number of anilines is 1. The summed E-state index contributed by atoms with van der Waals surface area (Å²) in [6.45, 7) is 3.11. The SMILES string of the molecule is CC(=O)c1cccc(S(=O)(=O)Nc2nnc(C)s2)c1. The molecule has 0 fully saturated rings. The second-order valence-corrected chi connectivity index (χ2v) is 6.68. The summed E-state index contributed by atoms with van der Waals surface area (Å²) < 4.78 is 26.5. The Hall–Kier alpha value is -1.80. The van der Waals surface area contributed by atoms with Crippen LogP contribution < -0.4 is 4.72 Å². The highest BCUT2D eigenvalue weighted by Crippen LogP contribution is 2.20. The standard InChI is InChI=1S/C11H11N3O3S2/c1-7(15)9-4-3-5-10(6-9)19(16,17)14-11-13-12-8(2)18-11/h3-6H,1-2H3,(H,13,14). The first kappa shape index (κ1) is 13.6. The van der Waals surface area contributed by atoms with Crippen LogP contribution in [0.1, 0.15) is 22.3 Å². The van der Waals surface area contributed by atoms with Gasteiger partial charge in [0.05, 0.1) is 4.90 Å². The minimum atomic E-state index is -3.75. The van der Waals surface area contributed by atoms with E-state index < -0.39 is 10.0 Å². The van der Waals surface area contributed by atoms with Crippen LogP contribution in [0, 0.1) is 6.92 Å². The van der Waals surface area contributed by atoms with Gasteiger partial charge in [0.25, 0.3) is 10.0 Å². The minimum Gasteiger partial charge on any atom is -0.295 e. The molecular weight excluding hydrogens is 286 g/mol. The van der Waals surface area contributed by atoms with Gasteiger partial charge < -0.3 is 0 Å². The molecule has 2 rings (SSSR count). The number of rotatable bonds is 4. The molecule has 1 aromatic carbocycles. The highest BCUT2D eigenvalue weighted by atomic mass is 32.2. The molecule has 1 heterocycles. The van der Waals surface area contributed by atoms with Crippen molar-refractivity contribution in [1.82, 2.24) is 10.2 Å². The summed E-state index contributed by atoms with van der Waals surface area (Å²) in [5, 5.41) is 8.28. The third kappa shape index (κ3) is 3.15. The van der Waals surface area contributed by atoms with E-state index in [-0.39, 0.29) is 15.8 Å². The number of sulfonamides is 1. The molecule has 6 nitrogen and oxygen atoms in total. The first-order valence-electron chi connectivity index (χ1n) is 5.32. The van der Waals surface area contributed by atoms with E-state index in [2.05, 4.69) is 14.9 Å². The predicted molar refractivity (Wildman–Crippen MR) is 71.9 cm³/mol. The van der Waals surface area contributed by atoms with Gasteiger partial charge in [-0.25, -0.2) is 8.42 Å². The molecule has 0 saturated heterocycles. The third-order valence-electron chi connectivity index (χ3n) is 2.30. The number of Topliss-reactive ketones (excluding diaryl/α,β-unsaturated/α-hetero) is 1. The predicted octanol–water partition coefficient (Wildman–Crippen LogP) is 1.85. The van der Waals surface area contributed by atoms with E-state index in [1.807, 2.05) is 0 Å². The van der Waals surface area contributed by atoms with Gasteiger partial charge in [-0.3, -0.25) is 9.52 Å². The zero-order valence-corrected chi connectivity index (χ0v) is 11.9. The Labute approximate surface area is 114 Å². The van der Waals surface area contributed by atoms with Crippen molar-refractivity contribution in [2.24, 2.45) is 0 Å². The van der Waals surface area contributed by atoms with Crippen molar-refractivity contribution < 1.29 is 13.2 Å². The maximum atomic E-state index is 12.1. The van der Waals surface area contributed by atoms with Crippen LogP contribution in [0.2, 0.25) is 0 Å². The largest absolute Gasteiger partial charge is 0.295 e. The van der Waals surface area contributed by atoms with Crippen molar-refractivity contribution in [3.8, 4) is 0 Å². The number of ketones is 1. The minimum absolute atomic E-state index is 0.0213. The summed E-state index contributed by atoms with van der Waals surface area (Å²) in [7, 11) is -3.75. The molecule has 0 radical (unpaired) electrons. The Balaban J connectivity index is 2.34. The van der Waals surface area contributed by atoms with Crippen LogP contribution >= 0.6 is 11.3 Å². The molecule has 8 heteroatoms. The maximum Gasteiger partial charge on any atom is 0.263 e. The molecule has 0 unspecified atom stereocenters. The van der Waals surface area contributed by atoms with E-state index in [1.54, 1.807) is 13.0 Å². The van der Waals surface area contributed by atoms with E-state index in [1.165, 1.54) is 25.1 Å². The number of carbonyl (C=O) groups excluding carboxylic acids is 1. The number of nitrogens with one attached hydrogen (secondary N) is 1. The number of hydrogen-bond donors (Lipinski definition) is 1. The van der Waals surface area contributed by atoms with Gasteiger partial charge in [0.2, 0.25) is 5.13 Å². The Bertz CT molecular complexity index is 722. The molecule has 1 N–H and O–H groups in total. The van der Waals surface area contributed by atoms with Gasteiger partial charge in [0.15, 0.2) is 5.78 Å². The van der Waals surface area contributed by atoms with Crippen LogP contribution in [0.3, 0.4) is 0 Å². The molecule has 100 valence electrons. The second-order valence-electron chi connectivity index (χ2n) is 3.82. The number of benzene rings is 1. The van der Waals surface area contributed by atoms with Gasteiger partial charge in [0, 0.05) is 5.56 Å². The monoisotopic (exact) mass is 297 g/mol. The van der Waals surface area contributed by atoms with Crippen LogP contribution in [0.4, 0.5) is 5.13 Å². The quantitative estimate of drug-likeness (QED) is 0.870. The molecule has 0 saturated carbocycles. The molecule has 2 aromatic rings. The van der Waals surface area contributed by atoms with Crippen LogP contribution in [0.15, 0.2) is 29.2 Å². The van der Waals surface area contributed by atoms with Crippen LogP contribution in [0.25, 0.3) is 0 Å². The highest BCUT2D eigenvalue weighted by molar-refractivity contribution is 7.93. The summed E-state index contributed by atoms with van der Waals surface area (Å²) in [6.07, 6.45) is 0. The van der Waals surface area contributed by atoms with Crippen LogP contribution in [0.5, 0.6) is 0 Å². The van der Waals surface area contributed by atoms with Crippen molar-refractivity contribution in [1.29, 1.82) is 0 Å². The zero-order valence-electron chi connectivity index (χ0n) is 10.2. The van der Waals surface area contributed by atoms with E-state index >= 15 is 0 Å². The fourth-order valence-electron chi connectivity index (χ4n) is 1.39. The number of aryl methyl sites for hydroxylation is 1. The Kier molecular flexibility index (Phi) is 3.63. The summed E-state index contributed by atoms with van der Waals surface area (Å²) >= 11 is 1.14.